The molecule has 2 aromatic carbocycles. The number of phenols is 1. The zero-order valence-electron chi connectivity index (χ0n) is 17.4. The first-order chi connectivity index (χ1) is 13.8. The lowest BCUT2D eigenvalue weighted by Gasteiger charge is -2.23. The number of aryl methyl sites for hydroxylation is 1. The number of allylic oxidation sites excluding steroid dienone is 1. The van der Waals surface area contributed by atoms with Gasteiger partial charge in [0.1, 0.15) is 22.5 Å². The molecule has 0 fully saturated rings. The van der Waals surface area contributed by atoms with Crippen molar-refractivity contribution in [2.45, 2.75) is 52.4 Å². The number of benzene rings is 2. The van der Waals surface area contributed by atoms with Crippen LogP contribution in [0.3, 0.4) is 0 Å². The van der Waals surface area contributed by atoms with E-state index in [2.05, 4.69) is 44.0 Å². The van der Waals surface area contributed by atoms with Crippen molar-refractivity contribution in [3.05, 3.63) is 58.8 Å². The second-order valence-electron chi connectivity index (χ2n) is 8.14. The maximum absolute atomic E-state index is 11.0. The number of ether oxygens (including phenoxy) is 1. The van der Waals surface area contributed by atoms with Crippen LogP contribution in [0.2, 0.25) is 5.02 Å². The second-order valence-corrected chi connectivity index (χ2v) is 8.57. The van der Waals surface area contributed by atoms with Crippen LogP contribution in [0.25, 0.3) is 16.7 Å². The highest BCUT2D eigenvalue weighted by atomic mass is 35.5. The summed E-state index contributed by atoms with van der Waals surface area (Å²) in [4.78, 5) is 1.50. The lowest BCUT2D eigenvalue weighted by Crippen LogP contribution is -2.14. The van der Waals surface area contributed by atoms with Gasteiger partial charge in [-0.15, -0.1) is 15.0 Å². The molecule has 0 radical (unpaired) electrons. The zero-order chi connectivity index (χ0) is 21.0. The van der Waals surface area contributed by atoms with Crippen molar-refractivity contribution in [2.75, 3.05) is 6.61 Å². The molecule has 0 saturated heterocycles. The summed E-state index contributed by atoms with van der Waals surface area (Å²) in [6.45, 7) is 8.98. The highest BCUT2D eigenvalue weighted by Gasteiger charge is 2.23. The average molecular weight is 414 g/mol. The van der Waals surface area contributed by atoms with Gasteiger partial charge in [-0.3, -0.25) is 0 Å². The third-order valence-corrected chi connectivity index (χ3v) is 4.91. The van der Waals surface area contributed by atoms with Crippen molar-refractivity contribution in [2.24, 2.45) is 0 Å². The maximum atomic E-state index is 11.0. The van der Waals surface area contributed by atoms with Gasteiger partial charge in [-0.05, 0) is 54.5 Å². The summed E-state index contributed by atoms with van der Waals surface area (Å²) >= 11 is 6.08. The van der Waals surface area contributed by atoms with E-state index in [1.54, 1.807) is 18.4 Å². The summed E-state index contributed by atoms with van der Waals surface area (Å²) in [5.41, 5.74) is 3.77. The first-order valence-electron chi connectivity index (χ1n) is 9.95. The smallest absolute Gasteiger partial charge is 0.146 e. The van der Waals surface area contributed by atoms with Crippen molar-refractivity contribution in [1.82, 2.24) is 15.0 Å². The first-order valence-corrected chi connectivity index (χ1v) is 10.3. The quantitative estimate of drug-likeness (QED) is 0.384. The lowest BCUT2D eigenvalue weighted by molar-refractivity contribution is 0.244. The van der Waals surface area contributed by atoms with Crippen LogP contribution in [0.1, 0.15) is 51.7 Å². The Morgan fingerprint density at radius 1 is 1.14 bits per heavy atom. The Bertz CT molecular complexity index is 1020. The highest BCUT2D eigenvalue weighted by molar-refractivity contribution is 6.31. The molecule has 0 aliphatic carbocycles. The Morgan fingerprint density at radius 3 is 2.62 bits per heavy atom. The van der Waals surface area contributed by atoms with Crippen molar-refractivity contribution < 1.29 is 9.84 Å². The van der Waals surface area contributed by atoms with Crippen molar-refractivity contribution in [3.63, 3.8) is 0 Å². The number of aromatic hydroxyl groups is 1. The van der Waals surface area contributed by atoms with Gasteiger partial charge in [0.2, 0.25) is 0 Å². The molecule has 154 valence electrons. The van der Waals surface area contributed by atoms with Crippen molar-refractivity contribution in [3.8, 4) is 11.4 Å². The second kappa shape index (κ2) is 8.87. The van der Waals surface area contributed by atoms with Crippen LogP contribution in [0.15, 0.2) is 42.7 Å². The molecule has 0 saturated carbocycles. The summed E-state index contributed by atoms with van der Waals surface area (Å²) in [5.74, 6) is 0.204. The predicted octanol–water partition coefficient (Wildman–Crippen LogP) is 5.95. The van der Waals surface area contributed by atoms with Crippen molar-refractivity contribution >= 4 is 22.6 Å². The zero-order valence-corrected chi connectivity index (χ0v) is 18.2. The van der Waals surface area contributed by atoms with Gasteiger partial charge in [0.05, 0.1) is 12.9 Å². The van der Waals surface area contributed by atoms with Crippen LogP contribution in [-0.4, -0.2) is 26.7 Å². The Kier molecular flexibility index (Phi) is 6.48. The first kappa shape index (κ1) is 21.2. The van der Waals surface area contributed by atoms with E-state index in [-0.39, 0.29) is 11.2 Å². The minimum Gasteiger partial charge on any atom is -0.505 e. The number of rotatable bonds is 7. The number of nitrogens with zero attached hydrogens (tertiary/aromatic N) is 3. The standard InChI is InChI=1S/C23H28ClN3O2/c1-5-6-11-29-12-7-8-16-13-18(23(2,3)4)22(28)21(14-16)27-25-19-10-9-17(24)15-20(19)26-27/h6,9-11,13-15,28H,5,7-8,12H2,1-4H3. The largest absolute Gasteiger partial charge is 0.505 e. The van der Waals surface area contributed by atoms with E-state index in [4.69, 9.17) is 16.3 Å². The number of halogens is 1. The van der Waals surface area contributed by atoms with Gasteiger partial charge in [-0.1, -0.05) is 51.4 Å². The van der Waals surface area contributed by atoms with E-state index < -0.39 is 0 Å². The van der Waals surface area contributed by atoms with E-state index >= 15 is 0 Å². The molecular weight excluding hydrogens is 386 g/mol. The van der Waals surface area contributed by atoms with E-state index in [9.17, 15) is 5.11 Å². The van der Waals surface area contributed by atoms with Gasteiger partial charge < -0.3 is 9.84 Å². The van der Waals surface area contributed by atoms with E-state index in [1.165, 1.54) is 4.80 Å². The number of hydrogen-bond donors (Lipinski definition) is 1. The van der Waals surface area contributed by atoms with Gasteiger partial charge in [0, 0.05) is 10.6 Å². The molecule has 0 amide bonds. The predicted molar refractivity (Wildman–Crippen MR) is 118 cm³/mol. The molecule has 0 aliphatic rings. The molecular formula is C23H28ClN3O2. The Morgan fingerprint density at radius 2 is 1.90 bits per heavy atom. The van der Waals surface area contributed by atoms with Crippen LogP contribution in [-0.2, 0) is 16.6 Å². The molecule has 0 bridgehead atoms. The molecule has 0 aliphatic heterocycles. The summed E-state index contributed by atoms with van der Waals surface area (Å²) in [6, 6.07) is 9.40. The number of hydrogen-bond acceptors (Lipinski definition) is 4. The van der Waals surface area contributed by atoms with Crippen LogP contribution < -0.4 is 0 Å². The van der Waals surface area contributed by atoms with Crippen LogP contribution in [0, 0.1) is 0 Å². The van der Waals surface area contributed by atoms with E-state index in [0.29, 0.717) is 22.8 Å². The molecule has 0 unspecified atom stereocenters. The SMILES string of the molecule is CCC=COCCCc1cc(-n2nc3ccc(Cl)cc3n2)c(O)c(C(C)(C)C)c1. The molecule has 29 heavy (non-hydrogen) atoms. The monoisotopic (exact) mass is 413 g/mol. The fourth-order valence-electron chi connectivity index (χ4n) is 3.13. The number of fused-ring (bicyclic) bond motifs is 1. The van der Waals surface area contributed by atoms with Gasteiger partial charge in [-0.25, -0.2) is 0 Å². The Balaban J connectivity index is 1.95. The molecule has 1 N–H and O–H groups in total. The van der Waals surface area contributed by atoms with Crippen LogP contribution in [0.5, 0.6) is 5.75 Å². The molecule has 5 nitrogen and oxygen atoms in total. The van der Waals surface area contributed by atoms with Gasteiger partial charge in [-0.2, -0.15) is 0 Å². The fraction of sp³-hybridized carbons (Fsp3) is 0.391. The highest BCUT2D eigenvalue weighted by Crippen LogP contribution is 2.36. The van der Waals surface area contributed by atoms with Gasteiger partial charge in [0.15, 0.2) is 0 Å². The third-order valence-electron chi connectivity index (χ3n) is 4.67. The van der Waals surface area contributed by atoms with Crippen LogP contribution in [0.4, 0.5) is 0 Å². The van der Waals surface area contributed by atoms with Gasteiger partial charge in [0.25, 0.3) is 0 Å². The minimum absolute atomic E-state index is 0.204. The van der Waals surface area contributed by atoms with E-state index in [1.807, 2.05) is 18.2 Å². The molecule has 6 heteroatoms. The maximum Gasteiger partial charge on any atom is 0.146 e. The Labute approximate surface area is 177 Å². The van der Waals surface area contributed by atoms with E-state index in [0.717, 1.165) is 35.9 Å². The molecule has 0 atom stereocenters. The summed E-state index contributed by atoms with van der Waals surface area (Å²) in [6.07, 6.45) is 6.44. The lowest BCUT2D eigenvalue weighted by atomic mass is 9.84. The molecule has 3 aromatic rings. The Hall–Kier alpha value is -2.53. The van der Waals surface area contributed by atoms with Gasteiger partial charge >= 0.3 is 0 Å². The minimum atomic E-state index is -0.217. The number of aromatic nitrogens is 3. The third kappa shape index (κ3) is 5.10. The molecule has 0 spiro atoms. The van der Waals surface area contributed by atoms with Crippen molar-refractivity contribution in [1.29, 1.82) is 0 Å². The van der Waals surface area contributed by atoms with Crippen LogP contribution >= 0.6 is 11.6 Å². The normalized spacial score (nSPS) is 12.2. The average Bonchev–Trinajstić information content (AvgIpc) is 3.07. The summed E-state index contributed by atoms with van der Waals surface area (Å²) in [5, 5.41) is 20.7. The number of phenolic OH excluding ortho intramolecular Hbond substituents is 1. The molecule has 1 aromatic heterocycles. The summed E-state index contributed by atoms with van der Waals surface area (Å²) in [7, 11) is 0. The molecule has 3 rings (SSSR count). The fourth-order valence-corrected chi connectivity index (χ4v) is 3.30. The molecule has 1 heterocycles. The summed E-state index contributed by atoms with van der Waals surface area (Å²) < 4.78 is 5.51. The topological polar surface area (TPSA) is 60.2 Å².